The molecule has 0 spiro atoms. The highest BCUT2D eigenvalue weighted by Crippen LogP contribution is 2.28. The van der Waals surface area contributed by atoms with Gasteiger partial charge in [-0.05, 0) is 17.2 Å². The second kappa shape index (κ2) is 4.88. The van der Waals surface area contributed by atoms with E-state index >= 15 is 0 Å². The average molecular weight is 243 g/mol. The van der Waals surface area contributed by atoms with Gasteiger partial charge < -0.3 is 10.2 Å². The molecule has 1 aromatic carbocycles. The lowest BCUT2D eigenvalue weighted by Crippen LogP contribution is -2.25. The fraction of sp³-hybridized carbons (Fsp3) is 0.308. The van der Waals surface area contributed by atoms with Crippen LogP contribution in [0.3, 0.4) is 0 Å². The number of nitrogens with zero attached hydrogens (tertiary/aromatic N) is 2. The van der Waals surface area contributed by atoms with Gasteiger partial charge in [0.25, 0.3) is 0 Å². The Morgan fingerprint density at radius 2 is 2.33 bits per heavy atom. The lowest BCUT2D eigenvalue weighted by molar-refractivity contribution is -0.120. The number of carbonyl (C=O) groups excluding carboxylic acids is 2. The van der Waals surface area contributed by atoms with Crippen molar-refractivity contribution >= 4 is 17.5 Å². The third kappa shape index (κ3) is 2.33. The molecule has 2 amide bonds. The van der Waals surface area contributed by atoms with E-state index in [-0.39, 0.29) is 24.8 Å². The summed E-state index contributed by atoms with van der Waals surface area (Å²) in [5.74, 6) is -0.120. The van der Waals surface area contributed by atoms with E-state index < -0.39 is 0 Å². The number of hydrogen-bond acceptors (Lipinski definition) is 3. The highest BCUT2D eigenvalue weighted by atomic mass is 16.2. The third-order valence-corrected chi connectivity index (χ3v) is 2.95. The molecular weight excluding hydrogens is 230 g/mol. The summed E-state index contributed by atoms with van der Waals surface area (Å²) < 4.78 is 0. The van der Waals surface area contributed by atoms with Crippen LogP contribution in [0.25, 0.3) is 0 Å². The molecule has 0 aromatic heterocycles. The van der Waals surface area contributed by atoms with Gasteiger partial charge in [-0.3, -0.25) is 9.59 Å². The van der Waals surface area contributed by atoms with Gasteiger partial charge in [0.2, 0.25) is 11.8 Å². The maximum absolute atomic E-state index is 11.5. The van der Waals surface area contributed by atoms with Crippen LogP contribution in [0.2, 0.25) is 0 Å². The number of amides is 2. The Kier molecular flexibility index (Phi) is 3.28. The Morgan fingerprint density at radius 3 is 3.06 bits per heavy atom. The van der Waals surface area contributed by atoms with Crippen molar-refractivity contribution in [3.63, 3.8) is 0 Å². The smallest absolute Gasteiger partial charge is 0.231 e. The van der Waals surface area contributed by atoms with E-state index in [1.165, 1.54) is 0 Å². The summed E-state index contributed by atoms with van der Waals surface area (Å²) in [7, 11) is 1.74. The van der Waals surface area contributed by atoms with Crippen LogP contribution in [0.4, 0.5) is 5.69 Å². The van der Waals surface area contributed by atoms with Crippen molar-refractivity contribution in [3.8, 4) is 6.07 Å². The van der Waals surface area contributed by atoms with E-state index in [0.717, 1.165) is 16.8 Å². The predicted octanol–water partition coefficient (Wildman–Crippen LogP) is 0.388. The molecule has 18 heavy (non-hydrogen) atoms. The Morgan fingerprint density at radius 1 is 1.56 bits per heavy atom. The molecule has 0 radical (unpaired) electrons. The number of benzene rings is 1. The third-order valence-electron chi connectivity index (χ3n) is 2.95. The molecule has 1 aliphatic heterocycles. The quantitative estimate of drug-likeness (QED) is 0.780. The van der Waals surface area contributed by atoms with Crippen molar-refractivity contribution in [1.29, 1.82) is 5.26 Å². The molecule has 5 nitrogen and oxygen atoms in total. The van der Waals surface area contributed by atoms with Gasteiger partial charge in [-0.15, -0.1) is 0 Å². The Labute approximate surface area is 105 Å². The van der Waals surface area contributed by atoms with Crippen LogP contribution in [0, 0.1) is 11.3 Å². The summed E-state index contributed by atoms with van der Waals surface area (Å²) >= 11 is 0. The largest absolute Gasteiger partial charge is 0.343 e. The SMILES string of the molecule is CN1C(=O)Cc2cc(CC(=O)NCC#N)ccc21. The number of anilines is 1. The Bertz CT molecular complexity index is 546. The molecule has 1 heterocycles. The second-order valence-electron chi connectivity index (χ2n) is 4.20. The molecule has 2 rings (SSSR count). The molecule has 5 heteroatoms. The van der Waals surface area contributed by atoms with Gasteiger partial charge in [0.05, 0.1) is 18.9 Å². The first-order valence-electron chi connectivity index (χ1n) is 5.64. The zero-order valence-electron chi connectivity index (χ0n) is 10.1. The van der Waals surface area contributed by atoms with Crippen molar-refractivity contribution in [2.45, 2.75) is 12.8 Å². The summed E-state index contributed by atoms with van der Waals surface area (Å²) in [6.07, 6.45) is 0.617. The number of hydrogen-bond donors (Lipinski definition) is 1. The lowest BCUT2D eigenvalue weighted by atomic mass is 10.1. The van der Waals surface area contributed by atoms with Crippen molar-refractivity contribution in [2.75, 3.05) is 18.5 Å². The van der Waals surface area contributed by atoms with E-state index in [1.807, 2.05) is 24.3 Å². The number of nitrogens with one attached hydrogen (secondary N) is 1. The Balaban J connectivity index is 2.10. The maximum atomic E-state index is 11.5. The van der Waals surface area contributed by atoms with Gasteiger partial charge in [-0.25, -0.2) is 0 Å². The van der Waals surface area contributed by atoms with Gasteiger partial charge in [-0.1, -0.05) is 12.1 Å². The van der Waals surface area contributed by atoms with Crippen molar-refractivity contribution < 1.29 is 9.59 Å². The zero-order valence-corrected chi connectivity index (χ0v) is 10.1. The summed E-state index contributed by atoms with van der Waals surface area (Å²) in [5, 5.41) is 10.8. The fourth-order valence-electron chi connectivity index (χ4n) is 2.02. The normalized spacial score (nSPS) is 13.1. The first kappa shape index (κ1) is 12.1. The van der Waals surface area contributed by atoms with Gasteiger partial charge in [0.1, 0.15) is 6.54 Å². The van der Waals surface area contributed by atoms with Crippen LogP contribution < -0.4 is 10.2 Å². The summed E-state index contributed by atoms with van der Waals surface area (Å²) in [6, 6.07) is 7.42. The van der Waals surface area contributed by atoms with Crippen LogP contribution in [-0.2, 0) is 22.4 Å². The van der Waals surface area contributed by atoms with Crippen LogP contribution in [0.1, 0.15) is 11.1 Å². The fourth-order valence-corrected chi connectivity index (χ4v) is 2.02. The first-order valence-corrected chi connectivity index (χ1v) is 5.64. The molecule has 0 unspecified atom stereocenters. The number of likely N-dealkylation sites (N-methyl/N-ethyl adjacent to an activating group) is 1. The predicted molar refractivity (Wildman–Crippen MR) is 65.9 cm³/mol. The number of rotatable bonds is 3. The van der Waals surface area contributed by atoms with Gasteiger partial charge in [0, 0.05) is 12.7 Å². The molecular formula is C13H13N3O2. The molecule has 92 valence electrons. The first-order chi connectivity index (χ1) is 8.61. The highest BCUT2D eigenvalue weighted by Gasteiger charge is 2.23. The van der Waals surface area contributed by atoms with Crippen molar-refractivity contribution in [1.82, 2.24) is 5.32 Å². The summed E-state index contributed by atoms with van der Waals surface area (Å²) in [6.45, 7) is 0.0188. The van der Waals surface area contributed by atoms with Gasteiger partial charge in [-0.2, -0.15) is 5.26 Å². The molecule has 0 saturated carbocycles. The summed E-state index contributed by atoms with van der Waals surface area (Å²) in [5.41, 5.74) is 2.71. The summed E-state index contributed by atoms with van der Waals surface area (Å²) in [4.78, 5) is 24.6. The highest BCUT2D eigenvalue weighted by molar-refractivity contribution is 6.01. The molecule has 1 aliphatic rings. The second-order valence-corrected chi connectivity index (χ2v) is 4.20. The number of carbonyl (C=O) groups is 2. The van der Waals surface area contributed by atoms with E-state index in [1.54, 1.807) is 11.9 Å². The number of nitriles is 1. The van der Waals surface area contributed by atoms with Crippen LogP contribution in [-0.4, -0.2) is 25.4 Å². The van der Waals surface area contributed by atoms with E-state index in [4.69, 9.17) is 5.26 Å². The minimum Gasteiger partial charge on any atom is -0.343 e. The maximum Gasteiger partial charge on any atom is 0.231 e. The van der Waals surface area contributed by atoms with Crippen molar-refractivity contribution in [2.24, 2.45) is 0 Å². The molecule has 1 N–H and O–H groups in total. The van der Waals surface area contributed by atoms with Gasteiger partial charge in [0.15, 0.2) is 0 Å². The number of fused-ring (bicyclic) bond motifs is 1. The zero-order chi connectivity index (χ0) is 13.1. The van der Waals surface area contributed by atoms with Crippen LogP contribution >= 0.6 is 0 Å². The molecule has 0 aliphatic carbocycles. The molecule has 0 bridgehead atoms. The average Bonchev–Trinajstić information content (AvgIpc) is 2.62. The minimum absolute atomic E-state index is 0.0188. The van der Waals surface area contributed by atoms with E-state index in [0.29, 0.717) is 6.42 Å². The molecule has 0 fully saturated rings. The molecule has 0 atom stereocenters. The topological polar surface area (TPSA) is 73.2 Å². The molecule has 1 aromatic rings. The van der Waals surface area contributed by atoms with Gasteiger partial charge >= 0.3 is 0 Å². The van der Waals surface area contributed by atoms with E-state index in [2.05, 4.69) is 5.32 Å². The minimum atomic E-state index is -0.186. The lowest BCUT2D eigenvalue weighted by Gasteiger charge is -2.10. The Hall–Kier alpha value is -2.35. The standard InChI is InChI=1S/C13H13N3O2/c1-16-11-3-2-9(6-10(11)8-13(16)18)7-12(17)15-5-4-14/h2-3,6H,5,7-8H2,1H3,(H,15,17). The van der Waals surface area contributed by atoms with Crippen molar-refractivity contribution in [3.05, 3.63) is 29.3 Å². The molecule has 0 saturated heterocycles. The van der Waals surface area contributed by atoms with E-state index in [9.17, 15) is 9.59 Å². The van der Waals surface area contributed by atoms with Crippen LogP contribution in [0.5, 0.6) is 0 Å². The van der Waals surface area contributed by atoms with Crippen LogP contribution in [0.15, 0.2) is 18.2 Å². The monoisotopic (exact) mass is 243 g/mol.